The number of anilines is 1. The van der Waals surface area contributed by atoms with Gasteiger partial charge in [-0.05, 0) is 46.3 Å². The first-order valence-electron chi connectivity index (χ1n) is 6.31. The van der Waals surface area contributed by atoms with Crippen LogP contribution in [0.15, 0.2) is 56.4 Å². The Labute approximate surface area is 130 Å². The summed E-state index contributed by atoms with van der Waals surface area (Å²) in [5.74, 6) is 2.29. The normalized spacial score (nSPS) is 10.6. The van der Waals surface area contributed by atoms with Gasteiger partial charge in [0, 0.05) is 5.56 Å². The maximum Gasteiger partial charge on any atom is 0.181 e. The number of hydrogen-bond acceptors (Lipinski definition) is 5. The molecule has 0 bridgehead atoms. The summed E-state index contributed by atoms with van der Waals surface area (Å²) in [5, 5.41) is 3.29. The van der Waals surface area contributed by atoms with Gasteiger partial charge in [-0.1, -0.05) is 0 Å². The van der Waals surface area contributed by atoms with Gasteiger partial charge in [0.25, 0.3) is 0 Å². The topological polar surface area (TPSA) is 60.4 Å². The molecule has 5 nitrogen and oxygen atoms in total. The van der Waals surface area contributed by atoms with E-state index in [1.165, 1.54) is 6.39 Å². The zero-order valence-electron chi connectivity index (χ0n) is 11.3. The maximum absolute atomic E-state index is 5.47. The Hall–Kier alpha value is -2.21. The molecule has 0 unspecified atom stereocenters. The molecule has 0 fully saturated rings. The third-order valence-electron chi connectivity index (χ3n) is 3.00. The highest BCUT2D eigenvalue weighted by atomic mass is 79.9. The predicted molar refractivity (Wildman–Crippen MR) is 82.2 cm³/mol. The third kappa shape index (κ3) is 3.11. The summed E-state index contributed by atoms with van der Waals surface area (Å²) < 4.78 is 16.8. The van der Waals surface area contributed by atoms with Crippen molar-refractivity contribution >= 4 is 21.6 Å². The molecule has 0 radical (unpaired) electrons. The van der Waals surface area contributed by atoms with E-state index < -0.39 is 0 Å². The first kappa shape index (κ1) is 13.8. The van der Waals surface area contributed by atoms with Gasteiger partial charge in [-0.25, -0.2) is 4.98 Å². The molecule has 3 aromatic rings. The second-order valence-corrected chi connectivity index (χ2v) is 5.12. The molecule has 0 spiro atoms. The summed E-state index contributed by atoms with van der Waals surface area (Å²) in [5.41, 5.74) is 1.79. The highest BCUT2D eigenvalue weighted by Crippen LogP contribution is 2.31. The number of aromatic nitrogens is 1. The lowest BCUT2D eigenvalue weighted by Crippen LogP contribution is -2.00. The third-order valence-corrected chi connectivity index (χ3v) is 3.42. The minimum atomic E-state index is 0.557. The number of nitrogens with one attached hydrogen (secondary N) is 1. The van der Waals surface area contributed by atoms with Gasteiger partial charge in [0.2, 0.25) is 0 Å². The van der Waals surface area contributed by atoms with Crippen LogP contribution in [0.4, 0.5) is 5.69 Å². The number of hydrogen-bond donors (Lipinski definition) is 1. The second kappa shape index (κ2) is 6.05. The fourth-order valence-corrected chi connectivity index (χ4v) is 2.33. The molecule has 0 atom stereocenters. The van der Waals surface area contributed by atoms with Crippen molar-refractivity contribution in [1.29, 1.82) is 0 Å². The van der Waals surface area contributed by atoms with Gasteiger partial charge in [0.1, 0.15) is 11.5 Å². The molecular weight excluding hydrogens is 336 g/mol. The lowest BCUT2D eigenvalue weighted by Gasteiger charge is -2.11. The Balaban J connectivity index is 1.83. The molecular formula is C15H13BrN2O3. The van der Waals surface area contributed by atoms with Gasteiger partial charge in [-0.2, -0.15) is 0 Å². The van der Waals surface area contributed by atoms with Crippen LogP contribution < -0.4 is 10.1 Å². The average Bonchev–Trinajstić information content (AvgIpc) is 3.16. The zero-order chi connectivity index (χ0) is 14.7. The largest absolute Gasteiger partial charge is 0.495 e. The van der Waals surface area contributed by atoms with Crippen LogP contribution in [0.5, 0.6) is 5.75 Å². The first-order chi connectivity index (χ1) is 10.3. The van der Waals surface area contributed by atoms with E-state index in [-0.39, 0.29) is 0 Å². The number of halogens is 1. The van der Waals surface area contributed by atoms with Crippen LogP contribution in [0.3, 0.4) is 0 Å². The second-order valence-electron chi connectivity index (χ2n) is 4.34. The zero-order valence-corrected chi connectivity index (χ0v) is 12.9. The SMILES string of the molecule is COc1ccc(-c2cnco2)cc1NCc1ccc(Br)o1. The number of methoxy groups -OCH3 is 1. The van der Waals surface area contributed by atoms with Crippen molar-refractivity contribution in [2.24, 2.45) is 0 Å². The van der Waals surface area contributed by atoms with Gasteiger partial charge < -0.3 is 18.9 Å². The van der Waals surface area contributed by atoms with E-state index in [2.05, 4.69) is 26.2 Å². The summed E-state index contributed by atoms with van der Waals surface area (Å²) in [6.45, 7) is 0.557. The number of ether oxygens (including phenoxy) is 1. The molecule has 0 amide bonds. The summed E-state index contributed by atoms with van der Waals surface area (Å²) >= 11 is 3.29. The van der Waals surface area contributed by atoms with E-state index in [0.29, 0.717) is 17.0 Å². The first-order valence-corrected chi connectivity index (χ1v) is 7.10. The Morgan fingerprint density at radius 2 is 2.19 bits per heavy atom. The Kier molecular flexibility index (Phi) is 3.96. The Morgan fingerprint density at radius 1 is 1.29 bits per heavy atom. The standard InChI is InChI=1S/C15H13BrN2O3/c1-19-13-4-2-10(14-8-17-9-20-14)6-12(13)18-7-11-3-5-15(16)21-11/h2-6,8-9,18H,7H2,1H3. The van der Waals surface area contributed by atoms with Crippen LogP contribution in [0.1, 0.15) is 5.76 Å². The van der Waals surface area contributed by atoms with E-state index in [4.69, 9.17) is 13.6 Å². The average molecular weight is 349 g/mol. The minimum absolute atomic E-state index is 0.557. The lowest BCUT2D eigenvalue weighted by molar-refractivity contribution is 0.416. The molecule has 0 saturated carbocycles. The smallest absolute Gasteiger partial charge is 0.181 e. The van der Waals surface area contributed by atoms with Crippen molar-refractivity contribution in [3.63, 3.8) is 0 Å². The molecule has 1 N–H and O–H groups in total. The van der Waals surface area contributed by atoms with Gasteiger partial charge in [-0.15, -0.1) is 0 Å². The predicted octanol–water partition coefficient (Wildman–Crippen LogP) is 4.32. The Morgan fingerprint density at radius 3 is 2.86 bits per heavy atom. The molecule has 0 aliphatic carbocycles. The summed E-state index contributed by atoms with van der Waals surface area (Å²) in [7, 11) is 1.64. The van der Waals surface area contributed by atoms with Crippen LogP contribution in [-0.2, 0) is 6.54 Å². The number of nitrogens with zero attached hydrogens (tertiary/aromatic N) is 1. The maximum atomic E-state index is 5.47. The fourth-order valence-electron chi connectivity index (χ4n) is 1.99. The molecule has 2 heterocycles. The van der Waals surface area contributed by atoms with Crippen LogP contribution in [0, 0.1) is 0 Å². The van der Waals surface area contributed by atoms with E-state index in [1.807, 2.05) is 30.3 Å². The summed E-state index contributed by atoms with van der Waals surface area (Å²) in [6.07, 6.45) is 3.09. The summed E-state index contributed by atoms with van der Waals surface area (Å²) in [4.78, 5) is 3.93. The van der Waals surface area contributed by atoms with Crippen molar-refractivity contribution in [1.82, 2.24) is 4.98 Å². The van der Waals surface area contributed by atoms with Crippen molar-refractivity contribution in [3.05, 3.63) is 53.4 Å². The lowest BCUT2D eigenvalue weighted by atomic mass is 10.1. The van der Waals surface area contributed by atoms with Gasteiger partial charge >= 0.3 is 0 Å². The molecule has 21 heavy (non-hydrogen) atoms. The molecule has 3 rings (SSSR count). The van der Waals surface area contributed by atoms with Gasteiger partial charge in [0.15, 0.2) is 16.8 Å². The molecule has 0 saturated heterocycles. The van der Waals surface area contributed by atoms with Crippen LogP contribution in [0.25, 0.3) is 11.3 Å². The van der Waals surface area contributed by atoms with E-state index in [9.17, 15) is 0 Å². The fraction of sp³-hybridized carbons (Fsp3) is 0.133. The number of benzene rings is 1. The molecule has 6 heteroatoms. The van der Waals surface area contributed by atoms with E-state index >= 15 is 0 Å². The monoisotopic (exact) mass is 348 g/mol. The Bertz CT molecular complexity index is 722. The molecule has 0 aliphatic heterocycles. The van der Waals surface area contributed by atoms with Crippen LogP contribution in [0.2, 0.25) is 0 Å². The van der Waals surface area contributed by atoms with E-state index in [0.717, 1.165) is 22.8 Å². The highest BCUT2D eigenvalue weighted by Gasteiger charge is 2.09. The summed E-state index contributed by atoms with van der Waals surface area (Å²) in [6, 6.07) is 9.53. The van der Waals surface area contributed by atoms with Crippen molar-refractivity contribution in [2.75, 3.05) is 12.4 Å². The number of furan rings is 1. The van der Waals surface area contributed by atoms with Gasteiger partial charge in [-0.3, -0.25) is 0 Å². The minimum Gasteiger partial charge on any atom is -0.495 e. The molecule has 2 aromatic heterocycles. The van der Waals surface area contributed by atoms with Gasteiger partial charge in [0.05, 0.1) is 25.5 Å². The molecule has 108 valence electrons. The van der Waals surface area contributed by atoms with E-state index in [1.54, 1.807) is 13.3 Å². The van der Waals surface area contributed by atoms with Crippen LogP contribution in [-0.4, -0.2) is 12.1 Å². The highest BCUT2D eigenvalue weighted by molar-refractivity contribution is 9.10. The molecule has 0 aliphatic rings. The molecule has 1 aromatic carbocycles. The quantitative estimate of drug-likeness (QED) is 0.743. The van der Waals surface area contributed by atoms with Crippen molar-refractivity contribution in [3.8, 4) is 17.1 Å². The number of oxazole rings is 1. The van der Waals surface area contributed by atoms with Crippen molar-refractivity contribution in [2.45, 2.75) is 6.54 Å². The number of rotatable bonds is 5. The van der Waals surface area contributed by atoms with Crippen molar-refractivity contribution < 1.29 is 13.6 Å². The van der Waals surface area contributed by atoms with Crippen LogP contribution >= 0.6 is 15.9 Å².